The zero-order valence-corrected chi connectivity index (χ0v) is 20.6. The van der Waals surface area contributed by atoms with Gasteiger partial charge >= 0.3 is 0 Å². The lowest BCUT2D eigenvalue weighted by atomic mass is 10.1. The molecule has 7 nitrogen and oxygen atoms in total. The second kappa shape index (κ2) is 10.1. The van der Waals surface area contributed by atoms with Crippen molar-refractivity contribution in [3.63, 3.8) is 0 Å². The molecule has 1 N–H and O–H groups in total. The highest BCUT2D eigenvalue weighted by Gasteiger charge is 2.22. The van der Waals surface area contributed by atoms with Crippen LogP contribution in [0.3, 0.4) is 0 Å². The third kappa shape index (κ3) is 4.77. The standard InChI is InChI=1S/C25H26N4O3S2/c1-32-19-6-3-2-5-17(19)8-9-22(30)29-12-10-28(11-13-29)15-21-26-24(31)23-18(16-34-25(23)27-21)20-7-4-14-33-20/h2-7,14,16H,8-13,15H2,1H3,(H,26,27,31). The van der Waals surface area contributed by atoms with E-state index in [1.807, 2.05) is 52.1 Å². The SMILES string of the molecule is COc1ccccc1CCC(=O)N1CCN(Cc2nc3scc(-c4cccs4)c3c(=O)[nH]2)CC1. The van der Waals surface area contributed by atoms with Crippen LogP contribution in [0, 0.1) is 0 Å². The summed E-state index contributed by atoms with van der Waals surface area (Å²) in [4.78, 5) is 39.3. The molecule has 0 saturated carbocycles. The molecule has 4 aromatic rings. The molecule has 0 radical (unpaired) electrons. The number of aryl methyl sites for hydroxylation is 1. The van der Waals surface area contributed by atoms with E-state index in [1.54, 1.807) is 18.4 Å². The number of para-hydroxylation sites is 1. The molecule has 3 aromatic heterocycles. The van der Waals surface area contributed by atoms with E-state index in [4.69, 9.17) is 9.72 Å². The first-order valence-electron chi connectivity index (χ1n) is 11.3. The Morgan fingerprint density at radius 1 is 1.12 bits per heavy atom. The van der Waals surface area contributed by atoms with E-state index in [0.717, 1.165) is 39.7 Å². The second-order valence-corrected chi connectivity index (χ2v) is 10.1. The van der Waals surface area contributed by atoms with Crippen LogP contribution < -0.4 is 10.3 Å². The molecule has 1 fully saturated rings. The number of carbonyl (C=O) groups is 1. The minimum atomic E-state index is -0.0881. The number of aromatic amines is 1. The number of ether oxygens (including phenoxy) is 1. The molecule has 176 valence electrons. The van der Waals surface area contributed by atoms with Crippen molar-refractivity contribution in [3.8, 4) is 16.2 Å². The lowest BCUT2D eigenvalue weighted by Gasteiger charge is -2.34. The predicted molar refractivity (Wildman–Crippen MR) is 137 cm³/mol. The third-order valence-corrected chi connectivity index (χ3v) is 7.95. The number of carbonyl (C=O) groups excluding carboxylic acids is 1. The summed E-state index contributed by atoms with van der Waals surface area (Å²) in [6.45, 7) is 3.44. The van der Waals surface area contributed by atoms with Gasteiger partial charge in [-0.1, -0.05) is 24.3 Å². The Labute approximate surface area is 205 Å². The maximum atomic E-state index is 12.8. The van der Waals surface area contributed by atoms with Crippen LogP contribution in [-0.2, 0) is 17.8 Å². The molecule has 0 aliphatic carbocycles. The molecule has 0 bridgehead atoms. The maximum absolute atomic E-state index is 12.8. The molecule has 9 heteroatoms. The number of thiophene rings is 2. The first kappa shape index (κ1) is 22.8. The normalized spacial score (nSPS) is 14.6. The van der Waals surface area contributed by atoms with Crippen LogP contribution in [0.5, 0.6) is 5.75 Å². The number of rotatable bonds is 7. The number of nitrogens with one attached hydrogen (secondary N) is 1. The van der Waals surface area contributed by atoms with Crippen LogP contribution in [0.2, 0.25) is 0 Å². The predicted octanol–water partition coefficient (Wildman–Crippen LogP) is 4.00. The van der Waals surface area contributed by atoms with Gasteiger partial charge in [-0.2, -0.15) is 0 Å². The topological polar surface area (TPSA) is 78.5 Å². The number of nitrogens with zero attached hydrogens (tertiary/aromatic N) is 3. The number of fused-ring (bicyclic) bond motifs is 1. The molecule has 1 aliphatic heterocycles. The quantitative estimate of drug-likeness (QED) is 0.420. The van der Waals surface area contributed by atoms with Gasteiger partial charge in [0.25, 0.3) is 5.56 Å². The van der Waals surface area contributed by atoms with Gasteiger partial charge in [0.1, 0.15) is 16.4 Å². The molecule has 1 aromatic carbocycles. The van der Waals surface area contributed by atoms with Crippen LogP contribution in [-0.4, -0.2) is 59.0 Å². The molecular formula is C25H26N4O3S2. The van der Waals surface area contributed by atoms with E-state index < -0.39 is 0 Å². The molecular weight excluding hydrogens is 468 g/mol. The minimum Gasteiger partial charge on any atom is -0.496 e. The van der Waals surface area contributed by atoms with Crippen molar-refractivity contribution < 1.29 is 9.53 Å². The zero-order valence-electron chi connectivity index (χ0n) is 19.0. The smallest absolute Gasteiger partial charge is 0.260 e. The second-order valence-electron chi connectivity index (χ2n) is 8.29. The van der Waals surface area contributed by atoms with Gasteiger partial charge < -0.3 is 14.6 Å². The van der Waals surface area contributed by atoms with E-state index >= 15 is 0 Å². The number of hydrogen-bond acceptors (Lipinski definition) is 7. The molecule has 5 rings (SSSR count). The highest BCUT2D eigenvalue weighted by Crippen LogP contribution is 2.33. The number of hydrogen-bond donors (Lipinski definition) is 1. The number of H-pyrrole nitrogens is 1. The summed E-state index contributed by atoms with van der Waals surface area (Å²) in [6, 6.07) is 11.8. The van der Waals surface area contributed by atoms with Crippen LogP contribution >= 0.6 is 22.7 Å². The maximum Gasteiger partial charge on any atom is 0.260 e. The molecule has 4 heterocycles. The number of methoxy groups -OCH3 is 1. The third-order valence-electron chi connectivity index (χ3n) is 6.18. The van der Waals surface area contributed by atoms with Crippen molar-refractivity contribution in [2.75, 3.05) is 33.3 Å². The van der Waals surface area contributed by atoms with Crippen molar-refractivity contribution >= 4 is 38.8 Å². The summed E-state index contributed by atoms with van der Waals surface area (Å²) in [5, 5.41) is 4.69. The Bertz CT molecular complexity index is 1340. The summed E-state index contributed by atoms with van der Waals surface area (Å²) in [6.07, 6.45) is 1.14. The largest absolute Gasteiger partial charge is 0.496 e. The number of amides is 1. The van der Waals surface area contributed by atoms with Gasteiger partial charge in [0.15, 0.2) is 0 Å². The highest BCUT2D eigenvalue weighted by molar-refractivity contribution is 7.18. The Morgan fingerprint density at radius 2 is 1.94 bits per heavy atom. The summed E-state index contributed by atoms with van der Waals surface area (Å²) in [7, 11) is 1.65. The Kier molecular flexibility index (Phi) is 6.75. The first-order valence-corrected chi connectivity index (χ1v) is 13.0. The van der Waals surface area contributed by atoms with E-state index in [2.05, 4.69) is 9.88 Å². The summed E-state index contributed by atoms with van der Waals surface area (Å²) in [5.41, 5.74) is 1.92. The Hall–Kier alpha value is -3.01. The molecule has 1 aliphatic rings. The van der Waals surface area contributed by atoms with Crippen molar-refractivity contribution in [1.82, 2.24) is 19.8 Å². The Balaban J connectivity index is 1.18. The molecule has 0 spiro atoms. The molecule has 34 heavy (non-hydrogen) atoms. The van der Waals surface area contributed by atoms with Crippen LogP contribution in [0.4, 0.5) is 0 Å². The minimum absolute atomic E-state index is 0.0881. The summed E-state index contributed by atoms with van der Waals surface area (Å²) < 4.78 is 5.39. The van der Waals surface area contributed by atoms with Gasteiger partial charge in [-0.25, -0.2) is 4.98 Å². The fraction of sp³-hybridized carbons (Fsp3) is 0.320. The van der Waals surface area contributed by atoms with Gasteiger partial charge in [-0.05, 0) is 29.5 Å². The van der Waals surface area contributed by atoms with Crippen LogP contribution in [0.15, 0.2) is 52.0 Å². The highest BCUT2D eigenvalue weighted by atomic mass is 32.1. The molecule has 1 saturated heterocycles. The monoisotopic (exact) mass is 494 g/mol. The fourth-order valence-electron chi connectivity index (χ4n) is 4.36. The Morgan fingerprint density at radius 3 is 2.71 bits per heavy atom. The van der Waals surface area contributed by atoms with Crippen molar-refractivity contribution in [2.24, 2.45) is 0 Å². The van der Waals surface area contributed by atoms with Crippen molar-refractivity contribution in [2.45, 2.75) is 19.4 Å². The van der Waals surface area contributed by atoms with Crippen LogP contribution in [0.25, 0.3) is 20.7 Å². The van der Waals surface area contributed by atoms with Gasteiger partial charge in [-0.15, -0.1) is 22.7 Å². The molecule has 1 amide bonds. The molecule has 0 atom stereocenters. The van der Waals surface area contributed by atoms with Gasteiger partial charge in [-0.3, -0.25) is 14.5 Å². The van der Waals surface area contributed by atoms with Crippen molar-refractivity contribution in [3.05, 3.63) is 68.9 Å². The average Bonchev–Trinajstić information content (AvgIpc) is 3.53. The number of piperazine rings is 1. The lowest BCUT2D eigenvalue weighted by Crippen LogP contribution is -2.48. The van der Waals surface area contributed by atoms with Gasteiger partial charge in [0.05, 0.1) is 19.0 Å². The average molecular weight is 495 g/mol. The zero-order chi connectivity index (χ0) is 23.5. The first-order chi connectivity index (χ1) is 16.6. The van der Waals surface area contributed by atoms with E-state index in [0.29, 0.717) is 43.7 Å². The van der Waals surface area contributed by atoms with Gasteiger partial charge in [0.2, 0.25) is 5.91 Å². The van der Waals surface area contributed by atoms with E-state index in [9.17, 15) is 9.59 Å². The van der Waals surface area contributed by atoms with Crippen LogP contribution in [0.1, 0.15) is 17.8 Å². The number of benzene rings is 1. The molecule has 0 unspecified atom stereocenters. The fourth-order valence-corrected chi connectivity index (χ4v) is 6.14. The summed E-state index contributed by atoms with van der Waals surface area (Å²) in [5.74, 6) is 1.66. The van der Waals surface area contributed by atoms with E-state index in [-0.39, 0.29) is 11.5 Å². The number of aromatic nitrogens is 2. The summed E-state index contributed by atoms with van der Waals surface area (Å²) >= 11 is 3.13. The van der Waals surface area contributed by atoms with Gasteiger partial charge in [0, 0.05) is 48.4 Å². The van der Waals surface area contributed by atoms with E-state index in [1.165, 1.54) is 11.3 Å². The van der Waals surface area contributed by atoms with Crippen molar-refractivity contribution in [1.29, 1.82) is 0 Å². The lowest BCUT2D eigenvalue weighted by molar-refractivity contribution is -0.133.